The number of pyridine rings is 1. The summed E-state index contributed by atoms with van der Waals surface area (Å²) < 4.78 is 8.90. The summed E-state index contributed by atoms with van der Waals surface area (Å²) in [4.78, 5) is 26.0. The highest BCUT2D eigenvalue weighted by molar-refractivity contribution is 6.20. The maximum Gasteiger partial charge on any atom is 0.274 e. The van der Waals surface area contributed by atoms with Crippen molar-refractivity contribution in [2.24, 2.45) is 14.1 Å². The summed E-state index contributed by atoms with van der Waals surface area (Å²) in [5.74, 6) is 0.321. The molecule has 0 saturated heterocycles. The van der Waals surface area contributed by atoms with Crippen molar-refractivity contribution in [3.8, 4) is 5.75 Å². The molecular weight excluding hydrogens is 354 g/mol. The van der Waals surface area contributed by atoms with Crippen LogP contribution in [-0.2, 0) is 14.1 Å². The van der Waals surface area contributed by atoms with Crippen LogP contribution in [0.4, 0.5) is 5.69 Å². The lowest BCUT2D eigenvalue weighted by Crippen LogP contribution is -2.22. The Morgan fingerprint density at radius 1 is 1.07 bits per heavy atom. The van der Waals surface area contributed by atoms with Gasteiger partial charge in [-0.15, -0.1) is 0 Å². The van der Waals surface area contributed by atoms with E-state index in [0.717, 1.165) is 10.9 Å². The number of aryl methyl sites for hydroxylation is 2. The number of nitrogens with zero attached hydrogens (tertiary/aromatic N) is 2. The van der Waals surface area contributed by atoms with Gasteiger partial charge in [0, 0.05) is 36.6 Å². The van der Waals surface area contributed by atoms with Crippen LogP contribution in [0.5, 0.6) is 5.75 Å². The van der Waals surface area contributed by atoms with E-state index in [1.54, 1.807) is 19.3 Å². The number of carbonyl (C=O) groups is 1. The number of anilines is 1. The van der Waals surface area contributed by atoms with Crippen molar-refractivity contribution in [1.29, 1.82) is 0 Å². The number of nitrogens with one attached hydrogen (secondary N) is 1. The van der Waals surface area contributed by atoms with Crippen molar-refractivity contribution in [1.82, 2.24) is 9.13 Å². The molecule has 28 heavy (non-hydrogen) atoms. The molecule has 0 saturated carbocycles. The molecule has 1 amide bonds. The van der Waals surface area contributed by atoms with Gasteiger partial charge in [0.2, 0.25) is 0 Å². The van der Waals surface area contributed by atoms with Gasteiger partial charge in [-0.3, -0.25) is 9.59 Å². The van der Waals surface area contributed by atoms with E-state index < -0.39 is 0 Å². The summed E-state index contributed by atoms with van der Waals surface area (Å²) in [6.45, 7) is 2.39. The number of hydrogen-bond donors (Lipinski definition) is 1. The molecule has 0 radical (unpaired) electrons. The highest BCUT2D eigenvalue weighted by Gasteiger charge is 2.21. The van der Waals surface area contributed by atoms with E-state index in [2.05, 4.69) is 5.32 Å². The summed E-state index contributed by atoms with van der Waals surface area (Å²) in [5, 5.41) is 4.47. The number of rotatable bonds is 4. The Morgan fingerprint density at radius 3 is 2.57 bits per heavy atom. The van der Waals surface area contributed by atoms with E-state index in [1.807, 2.05) is 61.0 Å². The molecule has 0 unspecified atom stereocenters. The van der Waals surface area contributed by atoms with Gasteiger partial charge < -0.3 is 19.2 Å². The van der Waals surface area contributed by atoms with Crippen molar-refractivity contribution < 1.29 is 9.53 Å². The molecule has 2 aromatic heterocycles. The lowest BCUT2D eigenvalue weighted by atomic mass is 10.1. The van der Waals surface area contributed by atoms with Gasteiger partial charge in [0.15, 0.2) is 0 Å². The van der Waals surface area contributed by atoms with Gasteiger partial charge in [0.25, 0.3) is 11.5 Å². The third kappa shape index (κ3) is 2.74. The Hall–Kier alpha value is -3.54. The zero-order valence-corrected chi connectivity index (χ0v) is 16.0. The van der Waals surface area contributed by atoms with E-state index in [-0.39, 0.29) is 11.5 Å². The zero-order chi connectivity index (χ0) is 19.8. The zero-order valence-electron chi connectivity index (χ0n) is 16.0. The molecule has 142 valence electrons. The van der Waals surface area contributed by atoms with E-state index in [4.69, 9.17) is 4.74 Å². The Morgan fingerprint density at radius 2 is 1.79 bits per heavy atom. The summed E-state index contributed by atoms with van der Waals surface area (Å²) in [5.41, 5.74) is 2.32. The summed E-state index contributed by atoms with van der Waals surface area (Å²) in [7, 11) is 3.50. The number of ether oxygens (including phenoxy) is 1. The second kappa shape index (κ2) is 6.88. The standard InChI is InChI=1S/C22H21N3O3/c1-4-28-18-12-8-6-10-16(18)23-21(26)15-13-24(2)22(27)20-19(15)14-9-5-7-11-17(14)25(20)3/h5-13H,4H2,1-3H3,(H,23,26). The second-order valence-electron chi connectivity index (χ2n) is 6.64. The Kier molecular flexibility index (Phi) is 4.39. The van der Waals surface area contributed by atoms with Gasteiger partial charge >= 0.3 is 0 Å². The van der Waals surface area contributed by atoms with E-state index in [1.165, 1.54) is 4.57 Å². The molecule has 2 heterocycles. The fourth-order valence-electron chi connectivity index (χ4n) is 3.61. The summed E-state index contributed by atoms with van der Waals surface area (Å²) >= 11 is 0. The smallest absolute Gasteiger partial charge is 0.274 e. The van der Waals surface area contributed by atoms with Crippen LogP contribution < -0.4 is 15.6 Å². The minimum atomic E-state index is -0.288. The Labute approximate surface area is 162 Å². The largest absolute Gasteiger partial charge is 0.492 e. The predicted molar refractivity (Wildman–Crippen MR) is 111 cm³/mol. The van der Waals surface area contributed by atoms with Gasteiger partial charge in [-0.2, -0.15) is 0 Å². The number of carbonyl (C=O) groups excluding carboxylic acids is 1. The fourth-order valence-corrected chi connectivity index (χ4v) is 3.61. The van der Waals surface area contributed by atoms with Gasteiger partial charge in [-0.25, -0.2) is 0 Å². The SMILES string of the molecule is CCOc1ccccc1NC(=O)c1cn(C)c(=O)c2c1c1ccccc1n2C. The number of amides is 1. The molecule has 0 aliphatic rings. The van der Waals surface area contributed by atoms with Crippen LogP contribution in [-0.4, -0.2) is 21.6 Å². The minimum absolute atomic E-state index is 0.139. The average Bonchev–Trinajstić information content (AvgIpc) is 3.00. The molecule has 0 fully saturated rings. The van der Waals surface area contributed by atoms with Crippen molar-refractivity contribution in [3.05, 3.63) is 70.6 Å². The molecule has 4 rings (SSSR count). The highest BCUT2D eigenvalue weighted by Crippen LogP contribution is 2.30. The quantitative estimate of drug-likeness (QED) is 0.592. The third-order valence-corrected chi connectivity index (χ3v) is 4.90. The summed E-state index contributed by atoms with van der Waals surface area (Å²) in [6, 6.07) is 15.0. The summed E-state index contributed by atoms with van der Waals surface area (Å²) in [6.07, 6.45) is 1.59. The number of benzene rings is 2. The molecule has 0 atom stereocenters. The van der Waals surface area contributed by atoms with Crippen molar-refractivity contribution in [2.75, 3.05) is 11.9 Å². The maximum absolute atomic E-state index is 13.2. The maximum atomic E-state index is 13.2. The van der Waals surface area contributed by atoms with Crippen molar-refractivity contribution in [3.63, 3.8) is 0 Å². The van der Waals surface area contributed by atoms with Crippen LogP contribution in [0.2, 0.25) is 0 Å². The molecule has 0 bridgehead atoms. The predicted octanol–water partition coefficient (Wildman–Crippen LogP) is 3.68. The molecular formula is C22H21N3O3. The number of hydrogen-bond acceptors (Lipinski definition) is 3. The molecule has 2 aromatic carbocycles. The molecule has 0 aliphatic heterocycles. The van der Waals surface area contributed by atoms with Crippen molar-refractivity contribution in [2.45, 2.75) is 6.92 Å². The lowest BCUT2D eigenvalue weighted by Gasteiger charge is -2.12. The molecule has 6 heteroatoms. The molecule has 1 N–H and O–H groups in total. The topological polar surface area (TPSA) is 65.3 Å². The first-order valence-electron chi connectivity index (χ1n) is 9.12. The monoisotopic (exact) mass is 375 g/mol. The number of aromatic nitrogens is 2. The Bertz CT molecular complexity index is 1270. The molecule has 0 spiro atoms. The number of para-hydroxylation sites is 3. The lowest BCUT2D eigenvalue weighted by molar-refractivity contribution is 0.102. The van der Waals surface area contributed by atoms with Gasteiger partial charge in [-0.1, -0.05) is 30.3 Å². The van der Waals surface area contributed by atoms with E-state index in [9.17, 15) is 9.59 Å². The normalized spacial score (nSPS) is 11.1. The molecule has 0 aliphatic carbocycles. The van der Waals surface area contributed by atoms with Crippen LogP contribution in [0.1, 0.15) is 17.3 Å². The highest BCUT2D eigenvalue weighted by atomic mass is 16.5. The molecule has 6 nitrogen and oxygen atoms in total. The van der Waals surface area contributed by atoms with Gasteiger partial charge in [0.05, 0.1) is 17.9 Å². The Balaban J connectivity index is 1.92. The fraction of sp³-hybridized carbons (Fsp3) is 0.182. The minimum Gasteiger partial charge on any atom is -0.492 e. The van der Waals surface area contributed by atoms with Gasteiger partial charge in [-0.05, 0) is 25.1 Å². The first-order valence-corrected chi connectivity index (χ1v) is 9.12. The van der Waals surface area contributed by atoms with E-state index >= 15 is 0 Å². The van der Waals surface area contributed by atoms with E-state index in [0.29, 0.717) is 34.5 Å². The molecule has 4 aromatic rings. The number of fused-ring (bicyclic) bond motifs is 3. The van der Waals surface area contributed by atoms with Crippen molar-refractivity contribution >= 4 is 33.4 Å². The first-order chi connectivity index (χ1) is 13.5. The second-order valence-corrected chi connectivity index (χ2v) is 6.64. The van der Waals surface area contributed by atoms with Crippen LogP contribution in [0.3, 0.4) is 0 Å². The van der Waals surface area contributed by atoms with Crippen LogP contribution in [0.25, 0.3) is 21.8 Å². The van der Waals surface area contributed by atoms with Crippen LogP contribution >= 0.6 is 0 Å². The third-order valence-electron chi connectivity index (χ3n) is 4.90. The average molecular weight is 375 g/mol. The van der Waals surface area contributed by atoms with Gasteiger partial charge in [0.1, 0.15) is 11.3 Å². The first kappa shape index (κ1) is 17.9. The van der Waals surface area contributed by atoms with Crippen LogP contribution in [0.15, 0.2) is 59.5 Å². The van der Waals surface area contributed by atoms with Crippen LogP contribution in [0, 0.1) is 0 Å².